The van der Waals surface area contributed by atoms with Crippen LogP contribution in [-0.2, 0) is 14.3 Å². The standard InChI is InChI=1S/C11H17NO4/c1-2-3-4-7-15-8-5-10(13)12-6-9-16-11(12)14/h5,8H,2-4,6-7,9H2,1H3. The molecule has 2 amide bonds. The zero-order valence-electron chi connectivity index (χ0n) is 9.48. The van der Waals surface area contributed by atoms with Crippen LogP contribution >= 0.6 is 0 Å². The van der Waals surface area contributed by atoms with Crippen molar-refractivity contribution in [2.75, 3.05) is 19.8 Å². The third-order valence-corrected chi connectivity index (χ3v) is 2.20. The summed E-state index contributed by atoms with van der Waals surface area (Å²) in [7, 11) is 0. The third kappa shape index (κ3) is 3.92. The number of carbonyl (C=O) groups is 2. The normalized spacial score (nSPS) is 15.6. The van der Waals surface area contributed by atoms with Crippen molar-refractivity contribution in [1.82, 2.24) is 4.90 Å². The van der Waals surface area contributed by atoms with Gasteiger partial charge in [0, 0.05) is 6.08 Å². The van der Waals surface area contributed by atoms with Gasteiger partial charge < -0.3 is 9.47 Å². The van der Waals surface area contributed by atoms with Gasteiger partial charge in [-0.25, -0.2) is 9.69 Å². The Morgan fingerprint density at radius 2 is 2.38 bits per heavy atom. The quantitative estimate of drug-likeness (QED) is 0.393. The van der Waals surface area contributed by atoms with E-state index in [-0.39, 0.29) is 6.61 Å². The van der Waals surface area contributed by atoms with E-state index in [2.05, 4.69) is 11.7 Å². The van der Waals surface area contributed by atoms with Gasteiger partial charge in [0.15, 0.2) is 0 Å². The Morgan fingerprint density at radius 1 is 1.56 bits per heavy atom. The highest BCUT2D eigenvalue weighted by molar-refractivity contribution is 5.99. The lowest BCUT2D eigenvalue weighted by molar-refractivity contribution is -0.122. The second kappa shape index (κ2) is 6.87. The van der Waals surface area contributed by atoms with E-state index >= 15 is 0 Å². The molecule has 5 nitrogen and oxygen atoms in total. The zero-order valence-corrected chi connectivity index (χ0v) is 9.48. The van der Waals surface area contributed by atoms with Gasteiger partial charge >= 0.3 is 6.09 Å². The fraction of sp³-hybridized carbons (Fsp3) is 0.636. The number of imide groups is 1. The third-order valence-electron chi connectivity index (χ3n) is 2.20. The molecular weight excluding hydrogens is 210 g/mol. The molecule has 90 valence electrons. The highest BCUT2D eigenvalue weighted by Gasteiger charge is 2.26. The van der Waals surface area contributed by atoms with E-state index < -0.39 is 12.0 Å². The average molecular weight is 227 g/mol. The number of ether oxygens (including phenoxy) is 2. The molecule has 1 aliphatic rings. The van der Waals surface area contributed by atoms with Gasteiger partial charge in [-0.15, -0.1) is 0 Å². The summed E-state index contributed by atoms with van der Waals surface area (Å²) < 4.78 is 9.76. The van der Waals surface area contributed by atoms with Crippen molar-refractivity contribution in [3.8, 4) is 0 Å². The van der Waals surface area contributed by atoms with Crippen LogP contribution in [0.25, 0.3) is 0 Å². The van der Waals surface area contributed by atoms with Crippen LogP contribution < -0.4 is 0 Å². The zero-order chi connectivity index (χ0) is 11.8. The molecule has 0 atom stereocenters. The lowest BCUT2D eigenvalue weighted by atomic mass is 10.3. The number of hydrogen-bond acceptors (Lipinski definition) is 4. The predicted octanol–water partition coefficient (Wildman–Crippen LogP) is 1.69. The maximum absolute atomic E-state index is 11.4. The number of rotatable bonds is 6. The van der Waals surface area contributed by atoms with Crippen molar-refractivity contribution >= 4 is 12.0 Å². The van der Waals surface area contributed by atoms with E-state index in [1.54, 1.807) is 0 Å². The minimum atomic E-state index is -0.583. The first-order valence-corrected chi connectivity index (χ1v) is 5.52. The summed E-state index contributed by atoms with van der Waals surface area (Å²) in [5.74, 6) is -0.391. The Balaban J connectivity index is 2.18. The maximum atomic E-state index is 11.4. The monoisotopic (exact) mass is 227 g/mol. The van der Waals surface area contributed by atoms with E-state index in [0.29, 0.717) is 13.2 Å². The summed E-state index contributed by atoms with van der Waals surface area (Å²) in [5.41, 5.74) is 0. The van der Waals surface area contributed by atoms with Crippen LogP contribution in [0.1, 0.15) is 26.2 Å². The summed E-state index contributed by atoms with van der Waals surface area (Å²) in [6.07, 6.45) is 5.22. The van der Waals surface area contributed by atoms with Crippen LogP contribution in [0.3, 0.4) is 0 Å². The summed E-state index contributed by atoms with van der Waals surface area (Å²) in [4.78, 5) is 23.4. The molecule has 1 saturated heterocycles. The number of carbonyl (C=O) groups excluding carboxylic acids is 2. The van der Waals surface area contributed by atoms with Gasteiger partial charge in [-0.05, 0) is 6.42 Å². The molecule has 5 heteroatoms. The van der Waals surface area contributed by atoms with Crippen molar-refractivity contribution < 1.29 is 19.1 Å². The highest BCUT2D eigenvalue weighted by Crippen LogP contribution is 2.04. The summed E-state index contributed by atoms with van der Waals surface area (Å²) >= 11 is 0. The number of cyclic esters (lactones) is 1. The molecule has 1 aliphatic heterocycles. The molecule has 1 fully saturated rings. The Kier molecular flexibility index (Phi) is 5.39. The highest BCUT2D eigenvalue weighted by atomic mass is 16.6. The van der Waals surface area contributed by atoms with Crippen molar-refractivity contribution in [3.63, 3.8) is 0 Å². The smallest absolute Gasteiger partial charge is 0.416 e. The molecule has 0 aromatic rings. The van der Waals surface area contributed by atoms with Crippen LogP contribution in [0.5, 0.6) is 0 Å². The molecule has 0 aliphatic carbocycles. The van der Waals surface area contributed by atoms with Crippen molar-refractivity contribution in [2.24, 2.45) is 0 Å². The van der Waals surface area contributed by atoms with E-state index in [1.165, 1.54) is 12.3 Å². The Hall–Kier alpha value is -1.52. The molecule has 0 bridgehead atoms. The molecule has 0 aromatic heterocycles. The largest absolute Gasteiger partial charge is 0.501 e. The lowest BCUT2D eigenvalue weighted by Crippen LogP contribution is -2.29. The van der Waals surface area contributed by atoms with Crippen molar-refractivity contribution in [1.29, 1.82) is 0 Å². The Bertz CT molecular complexity index is 275. The van der Waals surface area contributed by atoms with Gasteiger partial charge in [-0.2, -0.15) is 0 Å². The fourth-order valence-electron chi connectivity index (χ4n) is 1.29. The molecule has 0 N–H and O–H groups in total. The van der Waals surface area contributed by atoms with Crippen LogP contribution in [0, 0.1) is 0 Å². The first kappa shape index (κ1) is 12.5. The molecule has 16 heavy (non-hydrogen) atoms. The molecule has 0 aromatic carbocycles. The SMILES string of the molecule is CCCCCOC=CC(=O)N1CCOC1=O. The van der Waals surface area contributed by atoms with E-state index in [9.17, 15) is 9.59 Å². The van der Waals surface area contributed by atoms with Crippen molar-refractivity contribution in [2.45, 2.75) is 26.2 Å². The number of nitrogens with zero attached hydrogens (tertiary/aromatic N) is 1. The van der Waals surface area contributed by atoms with Crippen LogP contribution in [0.2, 0.25) is 0 Å². The van der Waals surface area contributed by atoms with Crippen molar-refractivity contribution in [3.05, 3.63) is 12.3 Å². The first-order chi connectivity index (χ1) is 7.75. The van der Waals surface area contributed by atoms with Gasteiger partial charge in [-0.3, -0.25) is 4.79 Å². The first-order valence-electron chi connectivity index (χ1n) is 5.52. The van der Waals surface area contributed by atoms with Gasteiger partial charge in [-0.1, -0.05) is 19.8 Å². The lowest BCUT2D eigenvalue weighted by Gasteiger charge is -2.06. The van der Waals surface area contributed by atoms with Crippen LogP contribution in [0.4, 0.5) is 4.79 Å². The van der Waals surface area contributed by atoms with Gasteiger partial charge in [0.05, 0.1) is 19.4 Å². The number of hydrogen-bond donors (Lipinski definition) is 0. The number of amides is 2. The molecule has 0 spiro atoms. The van der Waals surface area contributed by atoms with E-state index in [4.69, 9.17) is 4.74 Å². The maximum Gasteiger partial charge on any atom is 0.416 e. The second-order valence-electron chi connectivity index (χ2n) is 3.48. The van der Waals surface area contributed by atoms with E-state index in [0.717, 1.165) is 24.2 Å². The minimum Gasteiger partial charge on any atom is -0.501 e. The van der Waals surface area contributed by atoms with E-state index in [1.807, 2.05) is 0 Å². The topological polar surface area (TPSA) is 55.8 Å². The van der Waals surface area contributed by atoms with Gasteiger partial charge in [0.1, 0.15) is 6.61 Å². The van der Waals surface area contributed by atoms with Gasteiger partial charge in [0.2, 0.25) is 0 Å². The molecule has 1 rings (SSSR count). The minimum absolute atomic E-state index is 0.274. The average Bonchev–Trinajstić information content (AvgIpc) is 2.69. The van der Waals surface area contributed by atoms with Gasteiger partial charge in [0.25, 0.3) is 5.91 Å². The fourth-order valence-corrected chi connectivity index (χ4v) is 1.29. The molecule has 0 radical (unpaired) electrons. The number of unbranched alkanes of at least 4 members (excludes halogenated alkanes) is 2. The molecule has 0 unspecified atom stereocenters. The van der Waals surface area contributed by atoms with Crippen LogP contribution in [-0.4, -0.2) is 36.7 Å². The predicted molar refractivity (Wildman–Crippen MR) is 57.7 cm³/mol. The Morgan fingerprint density at radius 3 is 3.00 bits per heavy atom. The molecule has 0 saturated carbocycles. The summed E-state index contributed by atoms with van der Waals surface area (Å²) in [5, 5.41) is 0. The molecule has 1 heterocycles. The second-order valence-corrected chi connectivity index (χ2v) is 3.48. The molecular formula is C11H17NO4. The van der Waals surface area contributed by atoms with Crippen LogP contribution in [0.15, 0.2) is 12.3 Å². The Labute approximate surface area is 95.0 Å². The summed E-state index contributed by atoms with van der Waals surface area (Å²) in [6, 6.07) is 0. The summed E-state index contributed by atoms with van der Waals surface area (Å²) in [6.45, 7) is 3.30.